The Hall–Kier alpha value is -1.17. The van der Waals surface area contributed by atoms with Crippen LogP contribution in [-0.4, -0.2) is 24.7 Å². The van der Waals surface area contributed by atoms with Gasteiger partial charge in [-0.05, 0) is 30.5 Å². The quantitative estimate of drug-likeness (QED) is 0.887. The molecule has 6 heteroatoms. The lowest BCUT2D eigenvalue weighted by atomic mass is 9.90. The van der Waals surface area contributed by atoms with Crippen molar-refractivity contribution in [1.29, 1.82) is 0 Å². The smallest absolute Gasteiger partial charge is 0.240 e. The Morgan fingerprint density at radius 3 is 2.79 bits per heavy atom. The summed E-state index contributed by atoms with van der Waals surface area (Å²) in [7, 11) is 0. The summed E-state index contributed by atoms with van der Waals surface area (Å²) in [6.07, 6.45) is 1.01. The summed E-state index contributed by atoms with van der Waals surface area (Å²) in [5.74, 6) is -0.687. The van der Waals surface area contributed by atoms with Crippen LogP contribution in [-0.2, 0) is 16.1 Å². The van der Waals surface area contributed by atoms with E-state index in [9.17, 15) is 9.18 Å². The first-order chi connectivity index (χ1) is 9.01. The predicted molar refractivity (Wildman–Crippen MR) is 70.2 cm³/mol. The average Bonchev–Trinajstić information content (AvgIpc) is 2.40. The molecule has 0 aliphatic carbocycles. The molecule has 1 fully saturated rings. The number of amides is 1. The largest absolute Gasteiger partial charge is 0.381 e. The van der Waals surface area contributed by atoms with Gasteiger partial charge in [0, 0.05) is 19.8 Å². The van der Waals surface area contributed by atoms with Gasteiger partial charge in [-0.3, -0.25) is 4.79 Å². The number of nitrogens with two attached hydrogens (primary N) is 1. The van der Waals surface area contributed by atoms with Crippen LogP contribution in [0.1, 0.15) is 18.4 Å². The summed E-state index contributed by atoms with van der Waals surface area (Å²) in [5, 5.41) is 2.80. The zero-order chi connectivity index (χ0) is 13.9. The third-order valence-electron chi connectivity index (χ3n) is 3.27. The van der Waals surface area contributed by atoms with Crippen LogP contribution in [0.25, 0.3) is 0 Å². The number of hydrogen-bond donors (Lipinski definition) is 2. The normalized spacial score (nSPS) is 18.1. The number of halogens is 2. The first-order valence-electron chi connectivity index (χ1n) is 6.10. The van der Waals surface area contributed by atoms with Crippen LogP contribution >= 0.6 is 11.6 Å². The molecular formula is C13H16ClFN2O2. The Balaban J connectivity index is 1.94. The second-order valence-electron chi connectivity index (χ2n) is 4.70. The third-order valence-corrected chi connectivity index (χ3v) is 3.56. The average molecular weight is 287 g/mol. The Bertz CT molecular complexity index is 476. The highest BCUT2D eigenvalue weighted by Gasteiger charge is 2.35. The lowest BCUT2D eigenvalue weighted by Gasteiger charge is -2.31. The molecule has 0 saturated carbocycles. The minimum absolute atomic E-state index is 0.0419. The molecule has 1 saturated heterocycles. The molecule has 104 valence electrons. The van der Waals surface area contributed by atoms with Crippen LogP contribution in [0.4, 0.5) is 4.39 Å². The minimum atomic E-state index is -0.873. The van der Waals surface area contributed by atoms with E-state index in [1.165, 1.54) is 12.1 Å². The summed E-state index contributed by atoms with van der Waals surface area (Å²) < 4.78 is 18.2. The van der Waals surface area contributed by atoms with Crippen molar-refractivity contribution < 1.29 is 13.9 Å². The molecule has 1 heterocycles. The van der Waals surface area contributed by atoms with Gasteiger partial charge in [0.1, 0.15) is 5.82 Å². The standard InChI is InChI=1S/C13H16ClFN2O2/c14-10-7-9(1-2-11(10)15)8-17-12(18)13(16)3-5-19-6-4-13/h1-2,7H,3-6,8,16H2,(H,17,18). The van der Waals surface area contributed by atoms with Crippen molar-refractivity contribution in [3.8, 4) is 0 Å². The molecule has 0 unspecified atom stereocenters. The molecule has 3 N–H and O–H groups in total. The van der Waals surface area contributed by atoms with Gasteiger partial charge in [0.25, 0.3) is 0 Å². The number of rotatable bonds is 3. The van der Waals surface area contributed by atoms with Gasteiger partial charge in [0.15, 0.2) is 0 Å². The maximum absolute atomic E-state index is 13.0. The number of hydrogen-bond acceptors (Lipinski definition) is 3. The number of ether oxygens (including phenoxy) is 1. The van der Waals surface area contributed by atoms with Gasteiger partial charge in [-0.25, -0.2) is 4.39 Å². The molecule has 0 bridgehead atoms. The van der Waals surface area contributed by atoms with Crippen LogP contribution in [0.3, 0.4) is 0 Å². The minimum Gasteiger partial charge on any atom is -0.381 e. The van der Waals surface area contributed by atoms with Gasteiger partial charge >= 0.3 is 0 Å². The van der Waals surface area contributed by atoms with Crippen LogP contribution in [0.2, 0.25) is 5.02 Å². The number of nitrogens with one attached hydrogen (secondary N) is 1. The Morgan fingerprint density at radius 1 is 1.47 bits per heavy atom. The van der Waals surface area contributed by atoms with E-state index < -0.39 is 11.4 Å². The van der Waals surface area contributed by atoms with Crippen molar-refractivity contribution in [3.05, 3.63) is 34.6 Å². The molecule has 0 spiro atoms. The van der Waals surface area contributed by atoms with E-state index in [4.69, 9.17) is 22.1 Å². The molecule has 0 atom stereocenters. The molecule has 0 aromatic heterocycles. The van der Waals surface area contributed by atoms with Crippen molar-refractivity contribution in [3.63, 3.8) is 0 Å². The molecule has 1 amide bonds. The predicted octanol–water partition coefficient (Wildman–Crippen LogP) is 1.60. The molecule has 1 aliphatic heterocycles. The Labute approximate surface area is 116 Å². The molecule has 1 aliphatic rings. The summed E-state index contributed by atoms with van der Waals surface area (Å²) in [6.45, 7) is 1.26. The lowest BCUT2D eigenvalue weighted by Crippen LogP contribution is -2.56. The van der Waals surface area contributed by atoms with E-state index in [-0.39, 0.29) is 17.5 Å². The first-order valence-corrected chi connectivity index (χ1v) is 6.48. The number of carbonyl (C=O) groups excluding carboxylic acids is 1. The van der Waals surface area contributed by atoms with E-state index in [0.29, 0.717) is 26.1 Å². The van der Waals surface area contributed by atoms with Gasteiger partial charge in [0.05, 0.1) is 10.6 Å². The molecule has 1 aromatic rings. The van der Waals surface area contributed by atoms with Crippen LogP contribution in [0.5, 0.6) is 0 Å². The fourth-order valence-electron chi connectivity index (χ4n) is 1.97. The fraction of sp³-hybridized carbons (Fsp3) is 0.462. The SMILES string of the molecule is NC1(C(=O)NCc2ccc(F)c(Cl)c2)CCOCC1. The van der Waals surface area contributed by atoms with Gasteiger partial charge in [-0.1, -0.05) is 17.7 Å². The van der Waals surface area contributed by atoms with Gasteiger partial charge < -0.3 is 15.8 Å². The highest BCUT2D eigenvalue weighted by atomic mass is 35.5. The second-order valence-corrected chi connectivity index (χ2v) is 5.11. The summed E-state index contributed by atoms with van der Waals surface area (Å²) >= 11 is 5.68. The van der Waals surface area contributed by atoms with Crippen molar-refractivity contribution in [1.82, 2.24) is 5.32 Å². The van der Waals surface area contributed by atoms with Crippen LogP contribution in [0, 0.1) is 5.82 Å². The van der Waals surface area contributed by atoms with Crippen molar-refractivity contribution in [2.45, 2.75) is 24.9 Å². The summed E-state index contributed by atoms with van der Waals surface area (Å²) in [6, 6.07) is 4.34. The van der Waals surface area contributed by atoms with E-state index >= 15 is 0 Å². The molecule has 1 aromatic carbocycles. The first kappa shape index (κ1) is 14.2. The monoisotopic (exact) mass is 286 g/mol. The Kier molecular flexibility index (Phi) is 4.39. The lowest BCUT2D eigenvalue weighted by molar-refractivity contribution is -0.129. The Morgan fingerprint density at radius 2 is 2.16 bits per heavy atom. The van der Waals surface area contributed by atoms with E-state index in [2.05, 4.69) is 5.32 Å². The van der Waals surface area contributed by atoms with E-state index in [1.807, 2.05) is 0 Å². The highest BCUT2D eigenvalue weighted by Crippen LogP contribution is 2.19. The van der Waals surface area contributed by atoms with Crippen LogP contribution in [0.15, 0.2) is 18.2 Å². The van der Waals surface area contributed by atoms with Gasteiger partial charge in [-0.15, -0.1) is 0 Å². The molecular weight excluding hydrogens is 271 g/mol. The van der Waals surface area contributed by atoms with Crippen molar-refractivity contribution in [2.24, 2.45) is 5.73 Å². The topological polar surface area (TPSA) is 64.4 Å². The van der Waals surface area contributed by atoms with Crippen LogP contribution < -0.4 is 11.1 Å². The molecule has 4 nitrogen and oxygen atoms in total. The van der Waals surface area contributed by atoms with Crippen molar-refractivity contribution >= 4 is 17.5 Å². The molecule has 2 rings (SSSR count). The van der Waals surface area contributed by atoms with Gasteiger partial charge in [0.2, 0.25) is 5.91 Å². The zero-order valence-electron chi connectivity index (χ0n) is 10.4. The zero-order valence-corrected chi connectivity index (χ0v) is 11.2. The summed E-state index contributed by atoms with van der Waals surface area (Å²) in [5.41, 5.74) is 5.90. The van der Waals surface area contributed by atoms with E-state index in [1.54, 1.807) is 6.07 Å². The molecule has 19 heavy (non-hydrogen) atoms. The van der Waals surface area contributed by atoms with Gasteiger partial charge in [-0.2, -0.15) is 0 Å². The number of carbonyl (C=O) groups is 1. The summed E-state index contributed by atoms with van der Waals surface area (Å²) in [4.78, 5) is 12.0. The second kappa shape index (κ2) is 5.86. The van der Waals surface area contributed by atoms with Crippen molar-refractivity contribution in [2.75, 3.05) is 13.2 Å². The third kappa shape index (κ3) is 3.43. The van der Waals surface area contributed by atoms with E-state index in [0.717, 1.165) is 5.56 Å². The molecule has 0 radical (unpaired) electrons. The maximum atomic E-state index is 13.0. The number of benzene rings is 1. The highest BCUT2D eigenvalue weighted by molar-refractivity contribution is 6.30. The fourth-order valence-corrected chi connectivity index (χ4v) is 2.17. The maximum Gasteiger partial charge on any atom is 0.240 e.